The molecule has 1 heterocycles. The van der Waals surface area contributed by atoms with Crippen molar-refractivity contribution in [1.29, 1.82) is 0 Å². The van der Waals surface area contributed by atoms with Gasteiger partial charge in [0.15, 0.2) is 28.6 Å². The second-order valence-corrected chi connectivity index (χ2v) is 7.85. The summed E-state index contributed by atoms with van der Waals surface area (Å²) in [5.74, 6) is -0.702. The molecule has 0 bridgehead atoms. The highest BCUT2D eigenvalue weighted by molar-refractivity contribution is 8.18. The molecule has 2 aromatic rings. The standard InChI is InChI=1S/C23H22N2O6S/c1-4-30-19-11-15(5-10-18(19)31-14(3)22(28)29)12-20-21(27)25-23(32-20)24-17-8-6-16(7-9-17)13(2)26/h5-12,14H,4H2,1-3H3,(H,28,29)(H,24,25,27)/b20-12+. The lowest BCUT2D eigenvalue weighted by atomic mass is 10.1. The van der Waals surface area contributed by atoms with Crippen molar-refractivity contribution in [2.75, 3.05) is 6.61 Å². The van der Waals surface area contributed by atoms with Crippen LogP contribution >= 0.6 is 11.8 Å². The molecule has 0 saturated carbocycles. The molecule has 1 aliphatic heterocycles. The highest BCUT2D eigenvalue weighted by Crippen LogP contribution is 2.33. The van der Waals surface area contributed by atoms with Gasteiger partial charge in [-0.05, 0) is 80.6 Å². The third-order valence-corrected chi connectivity index (χ3v) is 5.28. The molecule has 9 heteroatoms. The summed E-state index contributed by atoms with van der Waals surface area (Å²) in [6.07, 6.45) is 0.659. The number of thioether (sulfide) groups is 1. The van der Waals surface area contributed by atoms with E-state index in [1.54, 1.807) is 48.5 Å². The van der Waals surface area contributed by atoms with Crippen LogP contribution in [0.4, 0.5) is 5.69 Å². The van der Waals surface area contributed by atoms with Crippen LogP contribution in [0.1, 0.15) is 36.7 Å². The molecule has 1 saturated heterocycles. The van der Waals surface area contributed by atoms with Gasteiger partial charge >= 0.3 is 5.97 Å². The van der Waals surface area contributed by atoms with Crippen molar-refractivity contribution >= 4 is 46.4 Å². The van der Waals surface area contributed by atoms with Gasteiger partial charge in [0.2, 0.25) is 0 Å². The van der Waals surface area contributed by atoms with Crippen molar-refractivity contribution in [1.82, 2.24) is 5.32 Å². The zero-order chi connectivity index (χ0) is 23.3. The first-order valence-corrected chi connectivity index (χ1v) is 10.7. The third-order valence-electron chi connectivity index (χ3n) is 4.37. The Kier molecular flexibility index (Phi) is 7.32. The summed E-state index contributed by atoms with van der Waals surface area (Å²) in [6.45, 7) is 5.10. The fourth-order valence-electron chi connectivity index (χ4n) is 2.74. The molecule has 0 spiro atoms. The van der Waals surface area contributed by atoms with Crippen LogP contribution in [-0.4, -0.2) is 40.6 Å². The SMILES string of the molecule is CCOc1cc(/C=C2/SC(=Nc3ccc(C(C)=O)cc3)NC2=O)ccc1OC(C)C(=O)O. The number of ketones is 1. The highest BCUT2D eigenvalue weighted by Gasteiger charge is 2.24. The minimum atomic E-state index is -1.08. The Balaban J connectivity index is 1.80. The highest BCUT2D eigenvalue weighted by atomic mass is 32.2. The molecule has 2 aromatic carbocycles. The molecular formula is C23H22N2O6S. The molecule has 1 unspecified atom stereocenters. The van der Waals surface area contributed by atoms with Gasteiger partial charge < -0.3 is 19.9 Å². The normalized spacial score (nSPS) is 16.7. The van der Waals surface area contributed by atoms with E-state index in [0.29, 0.717) is 45.0 Å². The number of aliphatic carboxylic acids is 1. The van der Waals surface area contributed by atoms with Crippen molar-refractivity contribution in [3.8, 4) is 11.5 Å². The number of ether oxygens (including phenoxy) is 2. The van der Waals surface area contributed by atoms with Crippen LogP contribution in [-0.2, 0) is 9.59 Å². The molecule has 0 aromatic heterocycles. The zero-order valence-electron chi connectivity index (χ0n) is 17.7. The van der Waals surface area contributed by atoms with E-state index < -0.39 is 12.1 Å². The Morgan fingerprint density at radius 3 is 2.53 bits per heavy atom. The van der Waals surface area contributed by atoms with Gasteiger partial charge in [0.25, 0.3) is 5.91 Å². The lowest BCUT2D eigenvalue weighted by Crippen LogP contribution is -2.23. The first kappa shape index (κ1) is 23.1. The molecular weight excluding hydrogens is 432 g/mol. The number of rotatable bonds is 8. The number of hydrogen-bond acceptors (Lipinski definition) is 7. The minimum Gasteiger partial charge on any atom is -0.490 e. The lowest BCUT2D eigenvalue weighted by Gasteiger charge is -2.15. The van der Waals surface area contributed by atoms with E-state index in [1.807, 2.05) is 6.92 Å². The van der Waals surface area contributed by atoms with E-state index >= 15 is 0 Å². The van der Waals surface area contributed by atoms with Crippen LogP contribution in [0.2, 0.25) is 0 Å². The van der Waals surface area contributed by atoms with E-state index in [0.717, 1.165) is 0 Å². The van der Waals surface area contributed by atoms with Gasteiger partial charge in [0.1, 0.15) is 0 Å². The van der Waals surface area contributed by atoms with Crippen molar-refractivity contribution in [3.63, 3.8) is 0 Å². The lowest BCUT2D eigenvalue weighted by molar-refractivity contribution is -0.144. The second-order valence-electron chi connectivity index (χ2n) is 6.82. The van der Waals surface area contributed by atoms with Crippen molar-refractivity contribution in [2.45, 2.75) is 26.9 Å². The predicted molar refractivity (Wildman–Crippen MR) is 123 cm³/mol. The number of amides is 1. The van der Waals surface area contributed by atoms with Crippen LogP contribution in [0.25, 0.3) is 6.08 Å². The molecule has 0 aliphatic carbocycles. The number of carbonyl (C=O) groups excluding carboxylic acids is 2. The molecule has 1 atom stereocenters. The summed E-state index contributed by atoms with van der Waals surface area (Å²) in [4.78, 5) is 39.7. The summed E-state index contributed by atoms with van der Waals surface area (Å²) >= 11 is 1.19. The topological polar surface area (TPSA) is 114 Å². The number of hydrogen-bond donors (Lipinski definition) is 2. The maximum absolute atomic E-state index is 12.4. The molecule has 8 nitrogen and oxygen atoms in total. The summed E-state index contributed by atoms with van der Waals surface area (Å²) in [7, 11) is 0. The van der Waals surface area contributed by atoms with Gasteiger partial charge in [-0.15, -0.1) is 0 Å². The van der Waals surface area contributed by atoms with E-state index in [4.69, 9.17) is 14.6 Å². The van der Waals surface area contributed by atoms with E-state index in [9.17, 15) is 14.4 Å². The molecule has 1 fully saturated rings. The average molecular weight is 455 g/mol. The van der Waals surface area contributed by atoms with E-state index in [2.05, 4.69) is 10.3 Å². The second kappa shape index (κ2) is 10.1. The number of benzene rings is 2. The number of nitrogens with zero attached hydrogens (tertiary/aromatic N) is 1. The molecule has 2 N–H and O–H groups in total. The number of carbonyl (C=O) groups is 3. The molecule has 1 aliphatic rings. The molecule has 3 rings (SSSR count). The van der Waals surface area contributed by atoms with E-state index in [-0.39, 0.29) is 11.7 Å². The smallest absolute Gasteiger partial charge is 0.344 e. The summed E-state index contributed by atoms with van der Waals surface area (Å²) in [6, 6.07) is 11.8. The number of nitrogens with one attached hydrogen (secondary N) is 1. The number of aliphatic imine (C=N–C) groups is 1. The maximum Gasteiger partial charge on any atom is 0.344 e. The van der Waals surface area contributed by atoms with Gasteiger partial charge in [0, 0.05) is 5.56 Å². The third kappa shape index (κ3) is 5.76. The van der Waals surface area contributed by atoms with Crippen molar-refractivity contribution < 1.29 is 29.0 Å². The van der Waals surface area contributed by atoms with Crippen LogP contribution in [0.3, 0.4) is 0 Å². The number of carboxylic acid groups (broad SMARTS) is 1. The molecule has 0 radical (unpaired) electrons. The summed E-state index contributed by atoms with van der Waals surface area (Å²) < 4.78 is 11.0. The Morgan fingerprint density at radius 1 is 1.19 bits per heavy atom. The Bertz CT molecular complexity index is 1110. The van der Waals surface area contributed by atoms with Gasteiger partial charge in [0.05, 0.1) is 17.2 Å². The largest absolute Gasteiger partial charge is 0.490 e. The maximum atomic E-state index is 12.4. The van der Waals surface area contributed by atoms with Crippen LogP contribution in [0.5, 0.6) is 11.5 Å². The van der Waals surface area contributed by atoms with Crippen molar-refractivity contribution in [3.05, 3.63) is 58.5 Å². The Labute approximate surface area is 189 Å². The number of carboxylic acids is 1. The Morgan fingerprint density at radius 2 is 1.91 bits per heavy atom. The number of amidine groups is 1. The summed E-state index contributed by atoms with van der Waals surface area (Å²) in [5, 5.41) is 12.2. The first-order valence-electron chi connectivity index (χ1n) is 9.83. The summed E-state index contributed by atoms with van der Waals surface area (Å²) in [5.41, 5.74) is 1.90. The number of Topliss-reactive ketones (excluding diaryl/α,β-unsaturated/α-hetero) is 1. The zero-order valence-corrected chi connectivity index (χ0v) is 18.6. The van der Waals surface area contributed by atoms with Gasteiger partial charge in [-0.25, -0.2) is 9.79 Å². The fraction of sp³-hybridized carbons (Fsp3) is 0.217. The minimum absolute atomic E-state index is 0.0294. The fourth-order valence-corrected chi connectivity index (χ4v) is 3.58. The monoisotopic (exact) mass is 454 g/mol. The van der Waals surface area contributed by atoms with E-state index in [1.165, 1.54) is 25.6 Å². The van der Waals surface area contributed by atoms with Gasteiger partial charge in [-0.3, -0.25) is 9.59 Å². The van der Waals surface area contributed by atoms with Crippen LogP contribution in [0, 0.1) is 0 Å². The Hall–Kier alpha value is -3.59. The predicted octanol–water partition coefficient (Wildman–Crippen LogP) is 4.03. The molecule has 1 amide bonds. The average Bonchev–Trinajstić information content (AvgIpc) is 3.08. The van der Waals surface area contributed by atoms with Crippen LogP contribution in [0.15, 0.2) is 52.4 Å². The molecule has 166 valence electrons. The quantitative estimate of drug-likeness (QED) is 0.457. The van der Waals surface area contributed by atoms with Gasteiger partial charge in [-0.1, -0.05) is 6.07 Å². The van der Waals surface area contributed by atoms with Crippen LogP contribution < -0.4 is 14.8 Å². The van der Waals surface area contributed by atoms with Gasteiger partial charge in [-0.2, -0.15) is 0 Å². The first-order chi connectivity index (χ1) is 15.3. The van der Waals surface area contributed by atoms with Crippen molar-refractivity contribution in [2.24, 2.45) is 4.99 Å². The molecule has 32 heavy (non-hydrogen) atoms.